The Morgan fingerprint density at radius 2 is 1.51 bits per heavy atom. The molecule has 1 aliphatic heterocycles. The van der Waals surface area contributed by atoms with Crippen LogP contribution in [0, 0.1) is 5.82 Å². The van der Waals surface area contributed by atoms with Crippen molar-refractivity contribution in [2.45, 2.75) is 58.3 Å². The number of ether oxygens (including phenoxy) is 2. The molecule has 0 spiro atoms. The van der Waals surface area contributed by atoms with E-state index in [4.69, 9.17) is 9.47 Å². The highest BCUT2D eigenvalue weighted by molar-refractivity contribution is 5.82. The van der Waals surface area contributed by atoms with Gasteiger partial charge in [-0.3, -0.25) is 4.79 Å². The van der Waals surface area contributed by atoms with E-state index < -0.39 is 34.1 Å². The quantitative estimate of drug-likeness (QED) is 0.189. The van der Waals surface area contributed by atoms with E-state index in [0.717, 1.165) is 27.8 Å². The molecule has 0 saturated carbocycles. The number of carboxylic acid groups (broad SMARTS) is 1. The van der Waals surface area contributed by atoms with Crippen LogP contribution in [0.1, 0.15) is 62.0 Å². The molecule has 0 aliphatic carbocycles. The summed E-state index contributed by atoms with van der Waals surface area (Å²) in [7, 11) is 0. The number of benzene rings is 4. The lowest BCUT2D eigenvalue weighted by molar-refractivity contribution is -0.795. The SMILES string of the molecule is C[C@H](Oc1ccc2c(c1)C[N+](C(=O)NCC(C(=O)O)c1ccc(-c3ccccc3)cc1)(C(=O)OC(C)(C)C)CC2)c1ccc(F)cc1. The maximum Gasteiger partial charge on any atom is 0.526 e. The highest BCUT2D eigenvalue weighted by atomic mass is 19.1. The number of urea groups is 1. The van der Waals surface area contributed by atoms with Gasteiger partial charge in [0.05, 0.1) is 5.92 Å². The molecule has 5 rings (SSSR count). The molecule has 9 heteroatoms. The number of aliphatic carboxylic acids is 1. The van der Waals surface area contributed by atoms with Crippen LogP contribution >= 0.6 is 0 Å². The molecule has 0 radical (unpaired) electrons. The number of hydrogen-bond acceptors (Lipinski definition) is 5. The second-order valence-corrected chi connectivity index (χ2v) is 12.9. The van der Waals surface area contributed by atoms with Crippen molar-refractivity contribution in [1.82, 2.24) is 5.32 Å². The van der Waals surface area contributed by atoms with Crippen molar-refractivity contribution >= 4 is 18.1 Å². The first-order chi connectivity index (χ1) is 22.3. The molecule has 2 N–H and O–H groups in total. The van der Waals surface area contributed by atoms with E-state index >= 15 is 0 Å². The number of carbonyl (C=O) groups excluding carboxylic acids is 2. The molecule has 0 fully saturated rings. The normalized spacial score (nSPS) is 17.1. The number of hydrogen-bond donors (Lipinski definition) is 2. The number of quaternary nitrogens is 1. The standard InChI is InChI=1S/C38H39FN2O6/c1-25(26-14-17-32(39)18-15-26)46-33-19-16-29-20-21-41(24-31(29)22-33,37(45)47-38(2,3)4)36(44)40-23-34(35(42)43)30-12-10-28(11-13-30)27-8-6-5-7-9-27/h5-19,22,25,34H,20-21,23-24H2,1-4H3,(H-,40,42,43,44)/p+1/t25-,34?,41?/m0/s1. The third-order valence-electron chi connectivity index (χ3n) is 8.34. The average molecular weight is 640 g/mol. The van der Waals surface area contributed by atoms with E-state index in [9.17, 15) is 23.9 Å². The van der Waals surface area contributed by atoms with E-state index in [1.165, 1.54) is 12.1 Å². The molecule has 0 saturated heterocycles. The fraction of sp³-hybridized carbons (Fsp3) is 0.289. The number of fused-ring (bicyclic) bond motifs is 1. The molecule has 4 aromatic rings. The van der Waals surface area contributed by atoms with Gasteiger partial charge in [-0.15, -0.1) is 4.48 Å². The molecule has 2 unspecified atom stereocenters. The predicted molar refractivity (Wildman–Crippen MR) is 176 cm³/mol. The number of rotatable bonds is 8. The molecule has 244 valence electrons. The Morgan fingerprint density at radius 3 is 2.15 bits per heavy atom. The number of imide groups is 1. The Hall–Kier alpha value is -5.02. The van der Waals surface area contributed by atoms with Crippen molar-refractivity contribution in [2.24, 2.45) is 0 Å². The van der Waals surface area contributed by atoms with Gasteiger partial charge in [0.15, 0.2) is 0 Å². The van der Waals surface area contributed by atoms with E-state index in [-0.39, 0.29) is 31.6 Å². The van der Waals surface area contributed by atoms with Crippen LogP contribution in [0.4, 0.5) is 14.0 Å². The van der Waals surface area contributed by atoms with Crippen LogP contribution in [0.2, 0.25) is 0 Å². The molecular weight excluding hydrogens is 599 g/mol. The van der Waals surface area contributed by atoms with Gasteiger partial charge >= 0.3 is 18.1 Å². The van der Waals surface area contributed by atoms with Gasteiger partial charge in [0.2, 0.25) is 0 Å². The summed E-state index contributed by atoms with van der Waals surface area (Å²) in [6.45, 7) is 6.99. The Labute approximate surface area is 274 Å². The van der Waals surface area contributed by atoms with Gasteiger partial charge in [-0.1, -0.05) is 72.8 Å². The summed E-state index contributed by atoms with van der Waals surface area (Å²) < 4.78 is 24.7. The minimum atomic E-state index is -1.09. The second kappa shape index (κ2) is 13.8. The Balaban J connectivity index is 1.37. The third kappa shape index (κ3) is 7.86. The molecular formula is C38H40FN2O6+. The van der Waals surface area contributed by atoms with Crippen LogP contribution < -0.4 is 10.1 Å². The third-order valence-corrected chi connectivity index (χ3v) is 8.34. The zero-order valence-electron chi connectivity index (χ0n) is 27.0. The zero-order valence-corrected chi connectivity index (χ0v) is 27.0. The number of carboxylic acids is 1. The van der Waals surface area contributed by atoms with Crippen molar-refractivity contribution < 1.29 is 37.8 Å². The van der Waals surface area contributed by atoms with Crippen LogP contribution in [0.25, 0.3) is 11.1 Å². The lowest BCUT2D eigenvalue weighted by atomic mass is 9.96. The summed E-state index contributed by atoms with van der Waals surface area (Å²) in [4.78, 5) is 40.2. The van der Waals surface area contributed by atoms with E-state index in [2.05, 4.69) is 5.32 Å². The van der Waals surface area contributed by atoms with Gasteiger partial charge in [-0.05, 0) is 79.8 Å². The maximum absolute atomic E-state index is 14.0. The smallest absolute Gasteiger partial charge is 0.486 e. The summed E-state index contributed by atoms with van der Waals surface area (Å²) in [5.74, 6) is -1.93. The lowest BCUT2D eigenvalue weighted by Crippen LogP contribution is -2.63. The van der Waals surface area contributed by atoms with Crippen LogP contribution in [-0.2, 0) is 22.5 Å². The van der Waals surface area contributed by atoms with Crippen LogP contribution in [0.15, 0.2) is 97.1 Å². The minimum absolute atomic E-state index is 0.00171. The molecule has 8 nitrogen and oxygen atoms in total. The highest BCUT2D eigenvalue weighted by Gasteiger charge is 2.50. The molecule has 0 aromatic heterocycles. The molecule has 1 aliphatic rings. The molecule has 3 amide bonds. The van der Waals surface area contributed by atoms with Crippen molar-refractivity contribution in [3.8, 4) is 16.9 Å². The Bertz CT molecular complexity index is 1740. The van der Waals surface area contributed by atoms with Crippen LogP contribution in [-0.4, -0.2) is 46.4 Å². The Morgan fingerprint density at radius 1 is 0.872 bits per heavy atom. The summed E-state index contributed by atoms with van der Waals surface area (Å²) in [6, 6.07) is 28.0. The molecule has 3 atom stereocenters. The minimum Gasteiger partial charge on any atom is -0.486 e. The molecule has 4 aromatic carbocycles. The summed E-state index contributed by atoms with van der Waals surface area (Å²) >= 11 is 0. The van der Waals surface area contributed by atoms with Gasteiger partial charge in [0.1, 0.15) is 36.4 Å². The lowest BCUT2D eigenvalue weighted by Gasteiger charge is -2.37. The zero-order chi connectivity index (χ0) is 33.8. The summed E-state index contributed by atoms with van der Waals surface area (Å²) in [5, 5.41) is 12.9. The first kappa shape index (κ1) is 33.3. The molecule has 1 heterocycles. The number of halogens is 1. The van der Waals surface area contributed by atoms with Crippen molar-refractivity contribution in [2.75, 3.05) is 13.1 Å². The summed E-state index contributed by atoms with van der Waals surface area (Å²) in [5.41, 5.74) is 4.13. The number of carbonyl (C=O) groups is 3. The Kier molecular flexibility index (Phi) is 9.77. The van der Waals surface area contributed by atoms with Crippen LogP contribution in [0.3, 0.4) is 0 Å². The molecule has 0 bridgehead atoms. The van der Waals surface area contributed by atoms with E-state index in [1.54, 1.807) is 45.0 Å². The predicted octanol–water partition coefficient (Wildman–Crippen LogP) is 8.02. The maximum atomic E-state index is 14.0. The topological polar surface area (TPSA) is 102 Å². The average Bonchev–Trinajstić information content (AvgIpc) is 3.04. The highest BCUT2D eigenvalue weighted by Crippen LogP contribution is 2.33. The second-order valence-electron chi connectivity index (χ2n) is 12.9. The monoisotopic (exact) mass is 639 g/mol. The summed E-state index contributed by atoms with van der Waals surface area (Å²) in [6.07, 6.45) is -0.676. The first-order valence-electron chi connectivity index (χ1n) is 15.7. The van der Waals surface area contributed by atoms with Gasteiger partial charge in [-0.2, -0.15) is 4.79 Å². The van der Waals surface area contributed by atoms with E-state index in [0.29, 0.717) is 17.7 Å². The first-order valence-corrected chi connectivity index (χ1v) is 15.7. The van der Waals surface area contributed by atoms with Gasteiger partial charge in [0.25, 0.3) is 0 Å². The molecule has 47 heavy (non-hydrogen) atoms. The fourth-order valence-corrected chi connectivity index (χ4v) is 5.74. The van der Waals surface area contributed by atoms with Gasteiger partial charge < -0.3 is 19.9 Å². The van der Waals surface area contributed by atoms with Gasteiger partial charge in [0, 0.05) is 18.5 Å². The number of amides is 3. The number of nitrogens with one attached hydrogen (secondary N) is 1. The van der Waals surface area contributed by atoms with Gasteiger partial charge in [-0.25, -0.2) is 9.18 Å². The van der Waals surface area contributed by atoms with Crippen LogP contribution in [0.5, 0.6) is 5.75 Å². The van der Waals surface area contributed by atoms with E-state index in [1.807, 2.05) is 67.6 Å². The van der Waals surface area contributed by atoms with Crippen molar-refractivity contribution in [3.63, 3.8) is 0 Å². The fourth-order valence-electron chi connectivity index (χ4n) is 5.74. The van der Waals surface area contributed by atoms with Crippen molar-refractivity contribution in [3.05, 3.63) is 125 Å². The van der Waals surface area contributed by atoms with Crippen molar-refractivity contribution in [1.29, 1.82) is 0 Å². The largest absolute Gasteiger partial charge is 0.526 e. The number of nitrogens with zero attached hydrogens (tertiary/aromatic N) is 1.